The monoisotopic (exact) mass is 300 g/mol. The first-order valence-electron chi connectivity index (χ1n) is 8.64. The van der Waals surface area contributed by atoms with Crippen LogP contribution in [0.15, 0.2) is 0 Å². The molecule has 126 valence electrons. The quantitative estimate of drug-likeness (QED) is 0.608. The first-order chi connectivity index (χ1) is 10.00. The molecule has 2 N–H and O–H groups in total. The van der Waals surface area contributed by atoms with E-state index in [1.165, 1.54) is 25.7 Å². The summed E-state index contributed by atoms with van der Waals surface area (Å²) in [5.41, 5.74) is 0.250. The average molecular weight is 300 g/mol. The highest BCUT2D eigenvalue weighted by Gasteiger charge is 2.36. The van der Waals surface area contributed by atoms with Crippen molar-refractivity contribution in [1.29, 1.82) is 0 Å². The van der Waals surface area contributed by atoms with Crippen LogP contribution in [0.3, 0.4) is 0 Å². The molecule has 1 fully saturated rings. The zero-order chi connectivity index (χ0) is 15.7. The number of nitrogens with one attached hydrogen (secondary N) is 1. The second kappa shape index (κ2) is 9.78. The molecule has 1 saturated carbocycles. The molecule has 0 bridgehead atoms. The summed E-state index contributed by atoms with van der Waals surface area (Å²) in [5.74, 6) is 0.797. The number of likely N-dealkylation sites (N-methyl/N-ethyl adjacent to an activating group) is 1. The van der Waals surface area contributed by atoms with Crippen molar-refractivity contribution in [2.45, 2.75) is 64.0 Å². The fourth-order valence-corrected chi connectivity index (χ4v) is 3.35. The number of hydrogen-bond acceptors (Lipinski definition) is 4. The highest BCUT2D eigenvalue weighted by Crippen LogP contribution is 2.35. The van der Waals surface area contributed by atoms with Crippen molar-refractivity contribution in [3.8, 4) is 0 Å². The van der Waals surface area contributed by atoms with Crippen LogP contribution in [0.4, 0.5) is 0 Å². The first-order valence-corrected chi connectivity index (χ1v) is 8.64. The maximum absolute atomic E-state index is 9.95. The van der Waals surface area contributed by atoms with Gasteiger partial charge in [-0.2, -0.15) is 0 Å². The molecule has 0 aromatic heterocycles. The number of aliphatic hydroxyl groups excluding tert-OH is 1. The van der Waals surface area contributed by atoms with Crippen LogP contribution < -0.4 is 5.32 Å². The number of rotatable bonds is 10. The molecule has 1 aliphatic carbocycles. The normalized spacial score (nSPS) is 28.0. The Morgan fingerprint density at radius 1 is 1.43 bits per heavy atom. The topological polar surface area (TPSA) is 44.7 Å². The third-order valence-electron chi connectivity index (χ3n) is 4.80. The zero-order valence-corrected chi connectivity index (χ0v) is 14.5. The minimum Gasteiger partial charge on any atom is -0.389 e. The van der Waals surface area contributed by atoms with Gasteiger partial charge in [-0.05, 0) is 39.3 Å². The van der Waals surface area contributed by atoms with Gasteiger partial charge in [0.1, 0.15) is 0 Å². The molecular weight excluding hydrogens is 264 g/mol. The summed E-state index contributed by atoms with van der Waals surface area (Å²) >= 11 is 0. The van der Waals surface area contributed by atoms with Gasteiger partial charge in [0, 0.05) is 25.2 Å². The largest absolute Gasteiger partial charge is 0.389 e. The maximum atomic E-state index is 9.95. The summed E-state index contributed by atoms with van der Waals surface area (Å²) in [6.45, 7) is 7.28. The van der Waals surface area contributed by atoms with Crippen molar-refractivity contribution < 1.29 is 9.84 Å². The predicted octanol–water partition coefficient (Wildman–Crippen LogP) is 2.26. The third-order valence-corrected chi connectivity index (χ3v) is 4.80. The first kappa shape index (κ1) is 18.9. The van der Waals surface area contributed by atoms with E-state index < -0.39 is 6.10 Å². The van der Waals surface area contributed by atoms with Gasteiger partial charge in [-0.1, -0.05) is 33.1 Å². The van der Waals surface area contributed by atoms with Crippen molar-refractivity contribution in [3.63, 3.8) is 0 Å². The van der Waals surface area contributed by atoms with Crippen molar-refractivity contribution in [3.05, 3.63) is 0 Å². The molecule has 4 nitrogen and oxygen atoms in total. The van der Waals surface area contributed by atoms with Gasteiger partial charge in [-0.3, -0.25) is 0 Å². The van der Waals surface area contributed by atoms with E-state index in [0.29, 0.717) is 13.2 Å². The Kier molecular flexibility index (Phi) is 8.79. The van der Waals surface area contributed by atoms with Gasteiger partial charge in [0.15, 0.2) is 0 Å². The Morgan fingerprint density at radius 2 is 2.19 bits per heavy atom. The number of ether oxygens (including phenoxy) is 1. The third kappa shape index (κ3) is 6.64. The van der Waals surface area contributed by atoms with Crippen LogP contribution in [0.2, 0.25) is 0 Å². The number of nitrogens with zero attached hydrogens (tertiary/aromatic N) is 1. The van der Waals surface area contributed by atoms with Gasteiger partial charge >= 0.3 is 0 Å². The summed E-state index contributed by atoms with van der Waals surface area (Å²) in [5, 5.41) is 13.4. The Hall–Kier alpha value is -0.160. The molecule has 0 spiro atoms. The van der Waals surface area contributed by atoms with E-state index >= 15 is 0 Å². The Morgan fingerprint density at radius 3 is 2.81 bits per heavy atom. The van der Waals surface area contributed by atoms with Gasteiger partial charge in [0.05, 0.1) is 12.7 Å². The molecule has 1 rings (SSSR count). The summed E-state index contributed by atoms with van der Waals surface area (Å²) in [7, 11) is 4.37. The minimum absolute atomic E-state index is 0.250. The Labute approximate surface area is 131 Å². The SMILES string of the molecule is CCCCOCC(O)CNCC1(N(C)C)CCCC(C)C1. The van der Waals surface area contributed by atoms with Gasteiger partial charge in [-0.25, -0.2) is 0 Å². The molecule has 0 radical (unpaired) electrons. The van der Waals surface area contributed by atoms with Gasteiger partial charge in [-0.15, -0.1) is 0 Å². The second-order valence-electron chi connectivity index (χ2n) is 7.03. The van der Waals surface area contributed by atoms with E-state index in [-0.39, 0.29) is 5.54 Å². The van der Waals surface area contributed by atoms with E-state index in [1.807, 2.05) is 0 Å². The van der Waals surface area contributed by atoms with Crippen molar-refractivity contribution in [2.75, 3.05) is 40.4 Å². The molecule has 0 amide bonds. The van der Waals surface area contributed by atoms with Crippen LogP contribution in [0.1, 0.15) is 52.4 Å². The van der Waals surface area contributed by atoms with Crippen LogP contribution in [0.5, 0.6) is 0 Å². The lowest BCUT2D eigenvalue weighted by Gasteiger charge is -2.45. The molecule has 0 heterocycles. The summed E-state index contributed by atoms with van der Waals surface area (Å²) in [6.07, 6.45) is 6.96. The summed E-state index contributed by atoms with van der Waals surface area (Å²) in [6, 6.07) is 0. The van der Waals surface area contributed by atoms with Gasteiger partial charge in [0.25, 0.3) is 0 Å². The highest BCUT2D eigenvalue weighted by atomic mass is 16.5. The van der Waals surface area contributed by atoms with Crippen molar-refractivity contribution in [2.24, 2.45) is 5.92 Å². The average Bonchev–Trinajstić information content (AvgIpc) is 2.43. The zero-order valence-electron chi connectivity index (χ0n) is 14.5. The lowest BCUT2D eigenvalue weighted by atomic mass is 9.75. The molecule has 3 atom stereocenters. The Balaban J connectivity index is 2.27. The van der Waals surface area contributed by atoms with Gasteiger partial charge in [0.2, 0.25) is 0 Å². The number of unbranched alkanes of at least 4 members (excludes halogenated alkanes) is 1. The number of hydrogen-bond donors (Lipinski definition) is 2. The van der Waals surface area contributed by atoms with Crippen LogP contribution >= 0.6 is 0 Å². The second-order valence-corrected chi connectivity index (χ2v) is 7.03. The molecule has 0 aliphatic heterocycles. The van der Waals surface area contributed by atoms with E-state index in [2.05, 4.69) is 38.2 Å². The summed E-state index contributed by atoms with van der Waals surface area (Å²) in [4.78, 5) is 2.37. The summed E-state index contributed by atoms with van der Waals surface area (Å²) < 4.78 is 5.47. The predicted molar refractivity (Wildman–Crippen MR) is 88.7 cm³/mol. The molecule has 4 heteroatoms. The highest BCUT2D eigenvalue weighted by molar-refractivity contribution is 4.94. The minimum atomic E-state index is -0.401. The van der Waals surface area contributed by atoms with Crippen LogP contribution in [0, 0.1) is 5.92 Å². The Bertz CT molecular complexity index is 274. The van der Waals surface area contributed by atoms with E-state index in [1.54, 1.807) is 0 Å². The lowest BCUT2D eigenvalue weighted by molar-refractivity contribution is 0.0294. The van der Waals surface area contributed by atoms with E-state index in [4.69, 9.17) is 4.74 Å². The van der Waals surface area contributed by atoms with Crippen molar-refractivity contribution in [1.82, 2.24) is 10.2 Å². The van der Waals surface area contributed by atoms with E-state index in [0.717, 1.165) is 31.9 Å². The van der Waals surface area contributed by atoms with E-state index in [9.17, 15) is 5.11 Å². The molecule has 0 aromatic carbocycles. The van der Waals surface area contributed by atoms with Crippen LogP contribution in [-0.2, 0) is 4.74 Å². The standard InChI is InChI=1S/C17H36N2O2/c1-5-6-10-21-13-16(20)12-18-14-17(19(3)4)9-7-8-15(2)11-17/h15-16,18,20H,5-14H2,1-4H3. The van der Waals surface area contributed by atoms with Gasteiger partial charge < -0.3 is 20.1 Å². The molecule has 1 aliphatic rings. The fraction of sp³-hybridized carbons (Fsp3) is 1.00. The molecule has 0 aromatic rings. The molecule has 0 saturated heterocycles. The lowest BCUT2D eigenvalue weighted by Crippen LogP contribution is -2.55. The smallest absolute Gasteiger partial charge is 0.0897 e. The molecule has 21 heavy (non-hydrogen) atoms. The van der Waals surface area contributed by atoms with Crippen LogP contribution in [0.25, 0.3) is 0 Å². The fourth-order valence-electron chi connectivity index (χ4n) is 3.35. The maximum Gasteiger partial charge on any atom is 0.0897 e. The van der Waals surface area contributed by atoms with Crippen LogP contribution in [-0.4, -0.2) is 62.0 Å². The number of aliphatic hydroxyl groups is 1. The van der Waals surface area contributed by atoms with Crippen molar-refractivity contribution >= 4 is 0 Å². The molecule has 3 unspecified atom stereocenters. The molecular formula is C17H36N2O2.